The first-order chi connectivity index (χ1) is 12.7. The van der Waals surface area contributed by atoms with E-state index in [1.807, 2.05) is 22.8 Å². The molecule has 0 saturated carbocycles. The predicted molar refractivity (Wildman–Crippen MR) is 107 cm³/mol. The summed E-state index contributed by atoms with van der Waals surface area (Å²) in [6, 6.07) is 9.78. The summed E-state index contributed by atoms with van der Waals surface area (Å²) in [5.74, 6) is 0.697. The van der Waals surface area contributed by atoms with Crippen molar-refractivity contribution in [3.8, 4) is 6.07 Å². The van der Waals surface area contributed by atoms with Crippen molar-refractivity contribution in [3.05, 3.63) is 56.2 Å². The fourth-order valence-electron chi connectivity index (χ4n) is 3.47. The molecule has 0 fully saturated rings. The lowest BCUT2D eigenvalue weighted by Gasteiger charge is -2.11. The molecule has 0 unspecified atom stereocenters. The van der Waals surface area contributed by atoms with E-state index in [9.17, 15) is 4.79 Å². The van der Waals surface area contributed by atoms with E-state index < -0.39 is 0 Å². The molecule has 2 heterocycles. The van der Waals surface area contributed by atoms with Crippen LogP contribution in [0.1, 0.15) is 41.3 Å². The number of aromatic nitrogens is 2. The molecule has 0 spiro atoms. The van der Waals surface area contributed by atoms with Crippen molar-refractivity contribution >= 4 is 33.3 Å². The third-order valence-corrected chi connectivity index (χ3v) is 6.89. The van der Waals surface area contributed by atoms with Gasteiger partial charge in [-0.25, -0.2) is 4.98 Å². The highest BCUT2D eigenvalue weighted by Gasteiger charge is 2.23. The number of hydrogen-bond donors (Lipinski definition) is 0. The number of aryl methyl sites for hydroxylation is 2. The fraction of sp³-hybridized carbons (Fsp3) is 0.350. The number of hydrogen-bond acceptors (Lipinski definition) is 5. The zero-order valence-corrected chi connectivity index (χ0v) is 16.3. The van der Waals surface area contributed by atoms with Gasteiger partial charge in [0.2, 0.25) is 0 Å². The quantitative estimate of drug-likeness (QED) is 0.481. The molecule has 1 aromatic carbocycles. The maximum Gasteiger partial charge on any atom is 0.263 e. The van der Waals surface area contributed by atoms with Crippen molar-refractivity contribution in [2.75, 3.05) is 0 Å². The van der Waals surface area contributed by atoms with Crippen LogP contribution < -0.4 is 5.56 Å². The van der Waals surface area contributed by atoms with Crippen LogP contribution >= 0.6 is 23.1 Å². The van der Waals surface area contributed by atoms with Gasteiger partial charge >= 0.3 is 0 Å². The van der Waals surface area contributed by atoms with Gasteiger partial charge in [0.1, 0.15) is 4.83 Å². The molecule has 0 aliphatic heterocycles. The second-order valence-corrected chi connectivity index (χ2v) is 8.52. The Kier molecular flexibility index (Phi) is 4.84. The summed E-state index contributed by atoms with van der Waals surface area (Å²) in [6.07, 6.45) is 4.13. The summed E-state index contributed by atoms with van der Waals surface area (Å²) in [4.78, 5) is 20.2. The lowest BCUT2D eigenvalue weighted by Crippen LogP contribution is -2.23. The van der Waals surface area contributed by atoms with Gasteiger partial charge in [-0.1, -0.05) is 30.8 Å². The van der Waals surface area contributed by atoms with Crippen LogP contribution in [0.3, 0.4) is 0 Å². The monoisotopic (exact) mass is 381 g/mol. The van der Waals surface area contributed by atoms with Crippen molar-refractivity contribution in [1.29, 1.82) is 5.26 Å². The molecule has 0 N–H and O–H groups in total. The Balaban J connectivity index is 1.73. The van der Waals surface area contributed by atoms with Crippen LogP contribution in [0.25, 0.3) is 10.2 Å². The molecule has 26 heavy (non-hydrogen) atoms. The molecule has 0 bridgehead atoms. The molecule has 3 aromatic rings. The highest BCUT2D eigenvalue weighted by Crippen LogP contribution is 2.36. The van der Waals surface area contributed by atoms with Crippen molar-refractivity contribution < 1.29 is 0 Å². The lowest BCUT2D eigenvalue weighted by atomic mass is 10.2. The van der Waals surface area contributed by atoms with E-state index in [0.717, 1.165) is 46.6 Å². The number of nitriles is 1. The van der Waals surface area contributed by atoms with Gasteiger partial charge in [-0.05, 0) is 48.9 Å². The zero-order chi connectivity index (χ0) is 18.1. The normalized spacial score (nSPS) is 13.1. The number of thioether (sulfide) groups is 1. The van der Waals surface area contributed by atoms with Gasteiger partial charge < -0.3 is 0 Å². The highest BCUT2D eigenvalue weighted by atomic mass is 32.2. The fourth-order valence-corrected chi connectivity index (χ4v) is 5.74. The SMILES string of the molecule is CCCn1c(SCc2cccc(C#N)c2)nc2sc3c(c2c1=O)CCC3. The van der Waals surface area contributed by atoms with Crippen molar-refractivity contribution in [1.82, 2.24) is 9.55 Å². The topological polar surface area (TPSA) is 58.7 Å². The molecule has 0 atom stereocenters. The van der Waals surface area contributed by atoms with Gasteiger partial charge in [0.05, 0.1) is 17.0 Å². The van der Waals surface area contributed by atoms with Gasteiger partial charge in [-0.3, -0.25) is 9.36 Å². The van der Waals surface area contributed by atoms with E-state index in [-0.39, 0.29) is 5.56 Å². The van der Waals surface area contributed by atoms with Crippen LogP contribution in [0, 0.1) is 11.3 Å². The van der Waals surface area contributed by atoms with E-state index in [2.05, 4.69) is 13.0 Å². The molecule has 0 radical (unpaired) electrons. The molecule has 1 aliphatic carbocycles. The summed E-state index contributed by atoms with van der Waals surface area (Å²) in [5, 5.41) is 10.7. The Labute approximate surface area is 160 Å². The zero-order valence-electron chi connectivity index (χ0n) is 14.6. The molecule has 2 aromatic heterocycles. The second-order valence-electron chi connectivity index (χ2n) is 6.49. The molecular weight excluding hydrogens is 362 g/mol. The second kappa shape index (κ2) is 7.26. The summed E-state index contributed by atoms with van der Waals surface area (Å²) < 4.78 is 1.84. The Hall–Kier alpha value is -2.10. The Morgan fingerprint density at radius 2 is 2.27 bits per heavy atom. The predicted octanol–water partition coefficient (Wildman–Crippen LogP) is 4.52. The molecule has 0 saturated heterocycles. The summed E-state index contributed by atoms with van der Waals surface area (Å²) in [7, 11) is 0. The molecular formula is C20H19N3OS2. The van der Waals surface area contributed by atoms with Crippen LogP contribution in [-0.2, 0) is 25.1 Å². The molecule has 6 heteroatoms. The van der Waals surface area contributed by atoms with Crippen LogP contribution in [0.4, 0.5) is 0 Å². The van der Waals surface area contributed by atoms with Crippen LogP contribution in [0.2, 0.25) is 0 Å². The van der Waals surface area contributed by atoms with E-state index in [4.69, 9.17) is 10.2 Å². The summed E-state index contributed by atoms with van der Waals surface area (Å²) >= 11 is 3.27. The van der Waals surface area contributed by atoms with E-state index >= 15 is 0 Å². The Bertz CT molecular complexity index is 1080. The van der Waals surface area contributed by atoms with Crippen LogP contribution in [-0.4, -0.2) is 9.55 Å². The molecule has 4 rings (SSSR count). The largest absolute Gasteiger partial charge is 0.287 e. The third kappa shape index (κ3) is 3.06. The summed E-state index contributed by atoms with van der Waals surface area (Å²) in [6.45, 7) is 2.77. The van der Waals surface area contributed by atoms with Crippen LogP contribution in [0.5, 0.6) is 0 Å². The number of thiophene rings is 1. The third-order valence-electron chi connectivity index (χ3n) is 4.66. The first kappa shape index (κ1) is 17.3. The van der Waals surface area contributed by atoms with Gasteiger partial charge in [0.25, 0.3) is 5.56 Å². The first-order valence-electron chi connectivity index (χ1n) is 8.88. The van der Waals surface area contributed by atoms with Gasteiger partial charge in [0, 0.05) is 17.2 Å². The average Bonchev–Trinajstić information content (AvgIpc) is 3.23. The number of nitrogens with zero attached hydrogens (tertiary/aromatic N) is 3. The Morgan fingerprint density at radius 3 is 3.08 bits per heavy atom. The van der Waals surface area contributed by atoms with Crippen molar-refractivity contribution in [3.63, 3.8) is 0 Å². The van der Waals surface area contributed by atoms with Crippen molar-refractivity contribution in [2.45, 2.75) is 50.1 Å². The van der Waals surface area contributed by atoms with E-state index in [1.165, 1.54) is 10.4 Å². The maximum absolute atomic E-state index is 13.1. The first-order valence-corrected chi connectivity index (χ1v) is 10.7. The number of rotatable bonds is 5. The Morgan fingerprint density at radius 1 is 1.38 bits per heavy atom. The average molecular weight is 382 g/mol. The molecule has 0 amide bonds. The molecule has 4 nitrogen and oxygen atoms in total. The lowest BCUT2D eigenvalue weighted by molar-refractivity contribution is 0.585. The molecule has 132 valence electrons. The van der Waals surface area contributed by atoms with Gasteiger partial charge in [-0.2, -0.15) is 5.26 Å². The minimum atomic E-state index is 0.115. The van der Waals surface area contributed by atoms with E-state index in [0.29, 0.717) is 17.9 Å². The maximum atomic E-state index is 13.1. The van der Waals surface area contributed by atoms with Crippen molar-refractivity contribution in [2.24, 2.45) is 0 Å². The smallest absolute Gasteiger partial charge is 0.263 e. The van der Waals surface area contributed by atoms with Crippen LogP contribution in [0.15, 0.2) is 34.2 Å². The van der Waals surface area contributed by atoms with Gasteiger partial charge in [0.15, 0.2) is 5.16 Å². The van der Waals surface area contributed by atoms with E-state index in [1.54, 1.807) is 29.2 Å². The number of benzene rings is 1. The standard InChI is InChI=1S/C20H19N3OS2/c1-2-9-23-19(24)17-15-7-4-8-16(15)26-18(17)22-20(23)25-12-14-6-3-5-13(10-14)11-21/h3,5-6,10H,2,4,7-9,12H2,1H3. The number of fused-ring (bicyclic) bond motifs is 3. The van der Waals surface area contributed by atoms with Gasteiger partial charge in [-0.15, -0.1) is 11.3 Å². The minimum absolute atomic E-state index is 0.115. The summed E-state index contributed by atoms with van der Waals surface area (Å²) in [5.41, 5.74) is 3.09. The highest BCUT2D eigenvalue weighted by molar-refractivity contribution is 7.98. The molecule has 1 aliphatic rings. The minimum Gasteiger partial charge on any atom is -0.287 e.